The summed E-state index contributed by atoms with van der Waals surface area (Å²) in [6.45, 7) is 8.17. The van der Waals surface area contributed by atoms with E-state index in [9.17, 15) is 0 Å². The molecule has 4 nitrogen and oxygen atoms in total. The Morgan fingerprint density at radius 1 is 1.38 bits per heavy atom. The average Bonchev–Trinajstić information content (AvgIpc) is 2.86. The molecule has 2 aromatic rings. The number of halogens is 1. The second-order valence-corrected chi connectivity index (χ2v) is 5.61. The molecule has 1 atom stereocenters. The Labute approximate surface area is 131 Å². The van der Waals surface area contributed by atoms with Crippen LogP contribution in [0.1, 0.15) is 43.3 Å². The molecule has 2 aromatic heterocycles. The van der Waals surface area contributed by atoms with Crippen LogP contribution in [0.2, 0.25) is 5.02 Å². The molecule has 0 bridgehead atoms. The standard InChI is InChI=1S/C16H23ClN4/c1-4-7-19-15(10-13-6-8-18-11-14(13)17)16-9-12(3)20-21(16)5-2/h6,8-9,11,15,19H,4-5,7,10H2,1-3H3. The molecule has 2 rings (SSSR count). The summed E-state index contributed by atoms with van der Waals surface area (Å²) in [6.07, 6.45) is 5.43. The van der Waals surface area contributed by atoms with E-state index >= 15 is 0 Å². The molecule has 0 spiro atoms. The number of hydrogen-bond donors (Lipinski definition) is 1. The fourth-order valence-corrected chi connectivity index (χ4v) is 2.69. The van der Waals surface area contributed by atoms with Gasteiger partial charge in [-0.2, -0.15) is 5.10 Å². The minimum atomic E-state index is 0.214. The Balaban J connectivity index is 2.27. The van der Waals surface area contributed by atoms with Crippen molar-refractivity contribution in [3.05, 3.63) is 46.5 Å². The van der Waals surface area contributed by atoms with Crippen molar-refractivity contribution in [2.75, 3.05) is 6.54 Å². The molecule has 114 valence electrons. The highest BCUT2D eigenvalue weighted by Gasteiger charge is 2.18. The predicted molar refractivity (Wildman–Crippen MR) is 86.6 cm³/mol. The van der Waals surface area contributed by atoms with Gasteiger partial charge >= 0.3 is 0 Å². The average molecular weight is 307 g/mol. The van der Waals surface area contributed by atoms with Crippen molar-refractivity contribution in [1.29, 1.82) is 0 Å². The molecule has 0 aliphatic heterocycles. The maximum Gasteiger partial charge on any atom is 0.0622 e. The lowest BCUT2D eigenvalue weighted by molar-refractivity contribution is 0.478. The van der Waals surface area contributed by atoms with Gasteiger partial charge in [0.15, 0.2) is 0 Å². The first-order chi connectivity index (χ1) is 10.2. The van der Waals surface area contributed by atoms with Crippen LogP contribution in [0.25, 0.3) is 0 Å². The highest BCUT2D eigenvalue weighted by Crippen LogP contribution is 2.23. The molecular weight excluding hydrogens is 284 g/mol. The SMILES string of the molecule is CCCNC(Cc1ccncc1Cl)c1cc(C)nn1CC. The van der Waals surface area contributed by atoms with Crippen molar-refractivity contribution in [2.45, 2.75) is 46.2 Å². The van der Waals surface area contributed by atoms with E-state index in [1.165, 1.54) is 5.69 Å². The Morgan fingerprint density at radius 3 is 2.86 bits per heavy atom. The van der Waals surface area contributed by atoms with Crippen molar-refractivity contribution >= 4 is 11.6 Å². The van der Waals surface area contributed by atoms with E-state index in [1.807, 2.05) is 13.0 Å². The summed E-state index contributed by atoms with van der Waals surface area (Å²) in [7, 11) is 0. The van der Waals surface area contributed by atoms with Gasteiger partial charge < -0.3 is 5.32 Å². The van der Waals surface area contributed by atoms with Gasteiger partial charge in [0.1, 0.15) is 0 Å². The molecule has 0 fully saturated rings. The van der Waals surface area contributed by atoms with E-state index in [2.05, 4.69) is 40.0 Å². The number of hydrogen-bond acceptors (Lipinski definition) is 3. The predicted octanol–water partition coefficient (Wildman–Crippen LogP) is 3.54. The minimum absolute atomic E-state index is 0.214. The third kappa shape index (κ3) is 4.05. The molecule has 0 saturated carbocycles. The van der Waals surface area contributed by atoms with Crippen molar-refractivity contribution in [2.24, 2.45) is 0 Å². The van der Waals surface area contributed by atoms with Gasteiger partial charge in [-0.05, 0) is 50.9 Å². The molecular formula is C16H23ClN4. The van der Waals surface area contributed by atoms with Gasteiger partial charge in [0, 0.05) is 18.9 Å². The maximum absolute atomic E-state index is 6.26. The summed E-state index contributed by atoms with van der Waals surface area (Å²) in [6, 6.07) is 4.36. The Kier molecular flexibility index (Phi) is 5.76. The third-order valence-electron chi connectivity index (χ3n) is 3.51. The van der Waals surface area contributed by atoms with Crippen LogP contribution in [0, 0.1) is 6.92 Å². The lowest BCUT2D eigenvalue weighted by atomic mass is 10.0. The number of nitrogens with one attached hydrogen (secondary N) is 1. The molecule has 0 aromatic carbocycles. The highest BCUT2D eigenvalue weighted by atomic mass is 35.5. The summed E-state index contributed by atoms with van der Waals surface area (Å²) in [5.41, 5.74) is 3.38. The molecule has 1 N–H and O–H groups in total. The van der Waals surface area contributed by atoms with Crippen LogP contribution < -0.4 is 5.32 Å². The number of rotatable bonds is 7. The molecule has 0 aliphatic rings. The quantitative estimate of drug-likeness (QED) is 0.851. The van der Waals surface area contributed by atoms with Crippen LogP contribution >= 0.6 is 11.6 Å². The van der Waals surface area contributed by atoms with Gasteiger partial charge in [-0.1, -0.05) is 18.5 Å². The number of aromatic nitrogens is 3. The highest BCUT2D eigenvalue weighted by molar-refractivity contribution is 6.31. The molecule has 0 radical (unpaired) electrons. The fourth-order valence-electron chi connectivity index (χ4n) is 2.49. The Bertz CT molecular complexity index is 579. The van der Waals surface area contributed by atoms with Gasteiger partial charge in [0.05, 0.1) is 22.5 Å². The normalized spacial score (nSPS) is 12.6. The van der Waals surface area contributed by atoms with Gasteiger partial charge in [0.25, 0.3) is 0 Å². The molecule has 5 heteroatoms. The summed E-state index contributed by atoms with van der Waals surface area (Å²) in [4.78, 5) is 4.06. The van der Waals surface area contributed by atoms with Crippen molar-refractivity contribution in [3.8, 4) is 0 Å². The van der Waals surface area contributed by atoms with Crippen LogP contribution in [0.3, 0.4) is 0 Å². The molecule has 0 aliphatic carbocycles. The molecule has 0 saturated heterocycles. The minimum Gasteiger partial charge on any atom is -0.308 e. The van der Waals surface area contributed by atoms with Crippen LogP contribution in [0.5, 0.6) is 0 Å². The summed E-state index contributed by atoms with van der Waals surface area (Å²) in [5, 5.41) is 8.89. The van der Waals surface area contributed by atoms with E-state index in [0.717, 1.165) is 42.2 Å². The second-order valence-electron chi connectivity index (χ2n) is 5.20. The van der Waals surface area contributed by atoms with Gasteiger partial charge in [-0.3, -0.25) is 9.67 Å². The largest absolute Gasteiger partial charge is 0.308 e. The number of nitrogens with zero attached hydrogens (tertiary/aromatic N) is 3. The van der Waals surface area contributed by atoms with Gasteiger partial charge in [0.2, 0.25) is 0 Å². The Morgan fingerprint density at radius 2 is 2.19 bits per heavy atom. The van der Waals surface area contributed by atoms with Crippen LogP contribution in [-0.4, -0.2) is 21.3 Å². The zero-order valence-corrected chi connectivity index (χ0v) is 13.7. The molecule has 21 heavy (non-hydrogen) atoms. The van der Waals surface area contributed by atoms with E-state index < -0.39 is 0 Å². The summed E-state index contributed by atoms with van der Waals surface area (Å²) >= 11 is 6.26. The van der Waals surface area contributed by atoms with Crippen LogP contribution in [-0.2, 0) is 13.0 Å². The maximum atomic E-state index is 6.26. The lowest BCUT2D eigenvalue weighted by Crippen LogP contribution is -2.26. The second kappa shape index (κ2) is 7.57. The van der Waals surface area contributed by atoms with Gasteiger partial charge in [-0.25, -0.2) is 0 Å². The van der Waals surface area contributed by atoms with E-state index in [4.69, 9.17) is 11.6 Å². The third-order valence-corrected chi connectivity index (χ3v) is 3.85. The first-order valence-corrected chi connectivity index (χ1v) is 7.89. The first-order valence-electron chi connectivity index (χ1n) is 7.51. The fraction of sp³-hybridized carbons (Fsp3) is 0.500. The van der Waals surface area contributed by atoms with Crippen molar-refractivity contribution in [1.82, 2.24) is 20.1 Å². The van der Waals surface area contributed by atoms with E-state index in [1.54, 1.807) is 12.4 Å². The number of aryl methyl sites for hydroxylation is 2. The van der Waals surface area contributed by atoms with Gasteiger partial charge in [-0.15, -0.1) is 0 Å². The molecule has 1 unspecified atom stereocenters. The van der Waals surface area contributed by atoms with E-state index in [-0.39, 0.29) is 6.04 Å². The number of pyridine rings is 1. The lowest BCUT2D eigenvalue weighted by Gasteiger charge is -2.20. The zero-order chi connectivity index (χ0) is 15.2. The topological polar surface area (TPSA) is 42.7 Å². The molecule has 2 heterocycles. The van der Waals surface area contributed by atoms with Crippen LogP contribution in [0.4, 0.5) is 0 Å². The zero-order valence-electron chi connectivity index (χ0n) is 12.9. The smallest absolute Gasteiger partial charge is 0.0622 e. The Hall–Kier alpha value is -1.39. The van der Waals surface area contributed by atoms with E-state index in [0.29, 0.717) is 0 Å². The molecule has 0 amide bonds. The monoisotopic (exact) mass is 306 g/mol. The first kappa shape index (κ1) is 16.0. The van der Waals surface area contributed by atoms with Crippen molar-refractivity contribution in [3.63, 3.8) is 0 Å². The van der Waals surface area contributed by atoms with Crippen LogP contribution in [0.15, 0.2) is 24.5 Å². The summed E-state index contributed by atoms with van der Waals surface area (Å²) < 4.78 is 2.07. The van der Waals surface area contributed by atoms with Crippen molar-refractivity contribution < 1.29 is 0 Å². The summed E-state index contributed by atoms with van der Waals surface area (Å²) in [5.74, 6) is 0.